The van der Waals surface area contributed by atoms with E-state index in [0.29, 0.717) is 34.5 Å². The van der Waals surface area contributed by atoms with Gasteiger partial charge < -0.3 is 4.74 Å². The van der Waals surface area contributed by atoms with Gasteiger partial charge in [-0.3, -0.25) is 0 Å². The molecule has 49 heavy (non-hydrogen) atoms. The van der Waals surface area contributed by atoms with Gasteiger partial charge in [0.2, 0.25) is 0 Å². The van der Waals surface area contributed by atoms with Crippen molar-refractivity contribution in [1.29, 1.82) is 0 Å². The van der Waals surface area contributed by atoms with E-state index in [1.807, 2.05) is 36.4 Å². The Bertz CT molecular complexity index is 1590. The summed E-state index contributed by atoms with van der Waals surface area (Å²) in [4.78, 5) is 0. The van der Waals surface area contributed by atoms with Crippen molar-refractivity contribution in [2.24, 2.45) is 11.8 Å². The van der Waals surface area contributed by atoms with Crippen molar-refractivity contribution in [1.82, 2.24) is 0 Å². The third kappa shape index (κ3) is 8.19. The zero-order chi connectivity index (χ0) is 34.7. The predicted molar refractivity (Wildman–Crippen MR) is 181 cm³/mol. The topological polar surface area (TPSA) is 9.23 Å². The lowest BCUT2D eigenvalue weighted by Crippen LogP contribution is -2.13. The van der Waals surface area contributed by atoms with Crippen LogP contribution >= 0.6 is 0 Å². The van der Waals surface area contributed by atoms with E-state index in [1.54, 1.807) is 0 Å². The lowest BCUT2D eigenvalue weighted by atomic mass is 9.77. The molecule has 7 heteroatoms. The van der Waals surface area contributed by atoms with Gasteiger partial charge in [0.15, 0.2) is 34.9 Å². The molecule has 0 atom stereocenters. The van der Waals surface area contributed by atoms with E-state index in [-0.39, 0.29) is 24.0 Å². The van der Waals surface area contributed by atoms with Crippen molar-refractivity contribution in [2.75, 3.05) is 0 Å². The van der Waals surface area contributed by atoms with Crippen molar-refractivity contribution >= 4 is 0 Å². The van der Waals surface area contributed by atoms with E-state index < -0.39 is 34.9 Å². The van der Waals surface area contributed by atoms with Gasteiger partial charge in [-0.05, 0) is 145 Å². The average molecular weight is 679 g/mol. The second kappa shape index (κ2) is 15.4. The van der Waals surface area contributed by atoms with Crippen molar-refractivity contribution in [3.05, 3.63) is 129 Å². The van der Waals surface area contributed by atoms with E-state index in [4.69, 9.17) is 4.74 Å². The van der Waals surface area contributed by atoms with Crippen LogP contribution in [-0.4, -0.2) is 0 Å². The zero-order valence-electron chi connectivity index (χ0n) is 28.2. The van der Waals surface area contributed by atoms with E-state index in [0.717, 1.165) is 111 Å². The zero-order valence-corrected chi connectivity index (χ0v) is 28.2. The Hall–Kier alpha value is -3.74. The molecule has 4 aromatic carbocycles. The Morgan fingerprint density at radius 2 is 0.837 bits per heavy atom. The number of hydrogen-bond donors (Lipinski definition) is 0. The minimum absolute atomic E-state index is 0.101. The van der Waals surface area contributed by atoms with Crippen LogP contribution in [0.2, 0.25) is 0 Å². The van der Waals surface area contributed by atoms with Crippen molar-refractivity contribution in [3.8, 4) is 11.5 Å². The first kappa shape index (κ1) is 35.1. The summed E-state index contributed by atoms with van der Waals surface area (Å²) in [7, 11) is 0. The molecule has 2 saturated carbocycles. The molecule has 0 saturated heterocycles. The van der Waals surface area contributed by atoms with Crippen LogP contribution in [0, 0.1) is 46.7 Å². The molecule has 1 nitrogen and oxygen atoms in total. The predicted octanol–water partition coefficient (Wildman–Crippen LogP) is 12.9. The molecule has 2 aliphatic rings. The molecular formula is C42H44F6O. The fraction of sp³-hybridized carbons (Fsp3) is 0.429. The first-order valence-electron chi connectivity index (χ1n) is 17.8. The van der Waals surface area contributed by atoms with Crippen LogP contribution in [0.25, 0.3) is 0 Å². The molecule has 2 aliphatic carbocycles. The average Bonchev–Trinajstić information content (AvgIpc) is 3.11. The van der Waals surface area contributed by atoms with Crippen LogP contribution in [0.1, 0.15) is 123 Å². The van der Waals surface area contributed by atoms with Gasteiger partial charge in [0.1, 0.15) is 11.5 Å². The minimum Gasteiger partial charge on any atom is -0.457 e. The molecule has 4 aromatic rings. The highest BCUT2D eigenvalue weighted by Crippen LogP contribution is 2.42. The lowest BCUT2D eigenvalue weighted by molar-refractivity contribution is 0.318. The van der Waals surface area contributed by atoms with Crippen molar-refractivity contribution in [3.63, 3.8) is 0 Å². The number of halogens is 6. The Balaban J connectivity index is 1.36. The summed E-state index contributed by atoms with van der Waals surface area (Å²) in [5.41, 5.74) is 4.15. The van der Waals surface area contributed by atoms with Gasteiger partial charge in [0, 0.05) is 12.8 Å². The van der Waals surface area contributed by atoms with Gasteiger partial charge in [-0.1, -0.05) is 51.0 Å². The molecule has 0 heterocycles. The second-order valence-electron chi connectivity index (χ2n) is 14.2. The summed E-state index contributed by atoms with van der Waals surface area (Å²) in [6.07, 6.45) is 11.3. The molecule has 0 bridgehead atoms. The maximum absolute atomic E-state index is 14.3. The fourth-order valence-corrected chi connectivity index (χ4v) is 7.97. The van der Waals surface area contributed by atoms with Gasteiger partial charge >= 0.3 is 0 Å². The van der Waals surface area contributed by atoms with Gasteiger partial charge in [-0.2, -0.15) is 0 Å². The third-order valence-corrected chi connectivity index (χ3v) is 11.1. The molecule has 0 spiro atoms. The maximum Gasteiger partial charge on any atom is 0.194 e. The number of ether oxygens (including phenoxy) is 1. The number of benzene rings is 4. The highest BCUT2D eigenvalue weighted by atomic mass is 19.2. The van der Waals surface area contributed by atoms with Crippen LogP contribution in [0.5, 0.6) is 11.5 Å². The van der Waals surface area contributed by atoms with Gasteiger partial charge in [-0.25, -0.2) is 26.3 Å². The molecule has 6 rings (SSSR count). The van der Waals surface area contributed by atoms with Gasteiger partial charge in [0.25, 0.3) is 0 Å². The standard InChI is InChI=1S/C42H44F6O/c1-3-25-5-9-29(10-6-25)31-13-15-39(33(23-31)17-27-19-35(43)41(47)36(44)20-27)49-40-16-14-32(30-11-7-26(4-2)8-12-30)24-34(40)18-28-21-37(45)42(48)38(46)22-28/h13-16,19-26,29-30H,3-12,17-18H2,1-2H3. The summed E-state index contributed by atoms with van der Waals surface area (Å²) in [5, 5.41) is 0. The number of rotatable bonds is 10. The first-order chi connectivity index (χ1) is 23.6. The molecular weight excluding hydrogens is 634 g/mol. The quantitative estimate of drug-likeness (QED) is 0.120. The summed E-state index contributed by atoms with van der Waals surface area (Å²) in [6.45, 7) is 4.44. The normalized spacial score (nSPS) is 21.1. The maximum atomic E-state index is 14.3. The Labute approximate surface area is 285 Å². The molecule has 0 unspecified atom stereocenters. The molecule has 2 fully saturated rings. The SMILES string of the molecule is CCC1CCC(c2ccc(Oc3ccc(C4CCC(CC)CC4)cc3Cc3cc(F)c(F)c(F)c3)c(Cc3cc(F)c(F)c(F)c3)c2)CC1. The fourth-order valence-electron chi connectivity index (χ4n) is 7.97. The van der Waals surface area contributed by atoms with Crippen molar-refractivity contribution in [2.45, 2.75) is 103 Å². The van der Waals surface area contributed by atoms with Crippen LogP contribution in [0.3, 0.4) is 0 Å². The van der Waals surface area contributed by atoms with Crippen molar-refractivity contribution < 1.29 is 31.1 Å². The largest absolute Gasteiger partial charge is 0.457 e. The van der Waals surface area contributed by atoms with Gasteiger partial charge in [-0.15, -0.1) is 0 Å². The summed E-state index contributed by atoms with van der Waals surface area (Å²) >= 11 is 0. The van der Waals surface area contributed by atoms with E-state index >= 15 is 0 Å². The van der Waals surface area contributed by atoms with E-state index in [9.17, 15) is 26.3 Å². The second-order valence-corrected chi connectivity index (χ2v) is 14.2. The molecule has 260 valence electrons. The summed E-state index contributed by atoms with van der Waals surface area (Å²) < 4.78 is 91.4. The Kier molecular flexibility index (Phi) is 11.1. The van der Waals surface area contributed by atoms with Crippen LogP contribution in [-0.2, 0) is 12.8 Å². The van der Waals surface area contributed by atoms with Crippen LogP contribution < -0.4 is 4.74 Å². The first-order valence-corrected chi connectivity index (χ1v) is 17.8. The lowest BCUT2D eigenvalue weighted by Gasteiger charge is -2.29. The highest BCUT2D eigenvalue weighted by molar-refractivity contribution is 5.48. The molecule has 0 aromatic heterocycles. The van der Waals surface area contributed by atoms with E-state index in [1.165, 1.54) is 0 Å². The van der Waals surface area contributed by atoms with Crippen LogP contribution in [0.4, 0.5) is 26.3 Å². The van der Waals surface area contributed by atoms with E-state index in [2.05, 4.69) is 13.8 Å². The highest BCUT2D eigenvalue weighted by Gasteiger charge is 2.25. The molecule has 0 amide bonds. The van der Waals surface area contributed by atoms with Crippen LogP contribution in [0.15, 0.2) is 60.7 Å². The molecule has 0 radical (unpaired) electrons. The monoisotopic (exact) mass is 678 g/mol. The molecule has 0 N–H and O–H groups in total. The summed E-state index contributed by atoms with van der Waals surface area (Å²) in [5.74, 6) is -4.98. The molecule has 0 aliphatic heterocycles. The Morgan fingerprint density at radius 3 is 1.16 bits per heavy atom. The summed E-state index contributed by atoms with van der Waals surface area (Å²) in [6, 6.07) is 15.9. The number of hydrogen-bond acceptors (Lipinski definition) is 1. The minimum atomic E-state index is -1.51. The smallest absolute Gasteiger partial charge is 0.194 e. The Morgan fingerprint density at radius 1 is 0.490 bits per heavy atom. The third-order valence-electron chi connectivity index (χ3n) is 11.1. The van der Waals surface area contributed by atoms with Gasteiger partial charge in [0.05, 0.1) is 0 Å².